The van der Waals surface area contributed by atoms with Gasteiger partial charge in [-0.15, -0.1) is 5.10 Å². The molecule has 0 saturated heterocycles. The highest BCUT2D eigenvalue weighted by Crippen LogP contribution is 2.22. The standard InChI is InChI=1S/C11H15N3O2/c1-3-11-9(4-5-16-11)10(15)6-8-7-14(2)13-12-8/h4-5,7,10,15H,3,6H2,1-2H3. The van der Waals surface area contributed by atoms with Crippen LogP contribution in [0.1, 0.15) is 30.0 Å². The van der Waals surface area contributed by atoms with Gasteiger partial charge < -0.3 is 9.52 Å². The Morgan fingerprint density at radius 3 is 3.00 bits per heavy atom. The number of aromatic nitrogens is 3. The minimum Gasteiger partial charge on any atom is -0.469 e. The van der Waals surface area contributed by atoms with Crippen LogP contribution in [0.25, 0.3) is 0 Å². The van der Waals surface area contributed by atoms with E-state index in [1.165, 1.54) is 0 Å². The van der Waals surface area contributed by atoms with E-state index in [4.69, 9.17) is 4.42 Å². The van der Waals surface area contributed by atoms with Gasteiger partial charge in [0.25, 0.3) is 0 Å². The molecule has 0 bridgehead atoms. The van der Waals surface area contributed by atoms with Crippen LogP contribution in [0.3, 0.4) is 0 Å². The van der Waals surface area contributed by atoms with Crippen LogP contribution < -0.4 is 0 Å². The molecule has 5 heteroatoms. The van der Waals surface area contributed by atoms with Crippen molar-refractivity contribution in [3.63, 3.8) is 0 Å². The van der Waals surface area contributed by atoms with Gasteiger partial charge in [-0.05, 0) is 6.07 Å². The molecule has 5 nitrogen and oxygen atoms in total. The second-order valence-electron chi connectivity index (χ2n) is 3.76. The van der Waals surface area contributed by atoms with Crippen molar-refractivity contribution < 1.29 is 9.52 Å². The van der Waals surface area contributed by atoms with E-state index in [1.807, 2.05) is 6.92 Å². The predicted octanol–water partition coefficient (Wildman–Crippen LogP) is 1.25. The normalized spacial score (nSPS) is 12.9. The summed E-state index contributed by atoms with van der Waals surface area (Å²) in [4.78, 5) is 0. The second kappa shape index (κ2) is 4.49. The molecule has 2 aromatic rings. The first kappa shape index (κ1) is 10.9. The molecule has 0 aromatic carbocycles. The van der Waals surface area contributed by atoms with E-state index < -0.39 is 6.10 Å². The Hall–Kier alpha value is -1.62. The molecule has 86 valence electrons. The van der Waals surface area contributed by atoms with Crippen LogP contribution in [0.2, 0.25) is 0 Å². The number of hydrogen-bond donors (Lipinski definition) is 1. The second-order valence-corrected chi connectivity index (χ2v) is 3.76. The number of aliphatic hydroxyl groups excluding tert-OH is 1. The Morgan fingerprint density at radius 1 is 1.56 bits per heavy atom. The highest BCUT2D eigenvalue weighted by atomic mass is 16.3. The van der Waals surface area contributed by atoms with Gasteiger partial charge in [-0.3, -0.25) is 4.68 Å². The van der Waals surface area contributed by atoms with E-state index in [1.54, 1.807) is 30.3 Å². The molecule has 2 aromatic heterocycles. The van der Waals surface area contributed by atoms with Gasteiger partial charge in [0.05, 0.1) is 18.1 Å². The molecule has 0 radical (unpaired) electrons. The third-order valence-corrected chi connectivity index (χ3v) is 2.51. The van der Waals surface area contributed by atoms with Crippen LogP contribution in [0, 0.1) is 0 Å². The van der Waals surface area contributed by atoms with Gasteiger partial charge in [-0.25, -0.2) is 0 Å². The lowest BCUT2D eigenvalue weighted by Gasteiger charge is -2.07. The van der Waals surface area contributed by atoms with Crippen LogP contribution in [0.15, 0.2) is 22.9 Å². The quantitative estimate of drug-likeness (QED) is 0.843. The Balaban J connectivity index is 2.11. The molecule has 0 fully saturated rings. The number of furan rings is 1. The minimum atomic E-state index is -0.578. The summed E-state index contributed by atoms with van der Waals surface area (Å²) in [6, 6.07) is 1.81. The molecule has 1 N–H and O–H groups in total. The smallest absolute Gasteiger partial charge is 0.109 e. The van der Waals surface area contributed by atoms with Gasteiger partial charge in [0, 0.05) is 31.6 Å². The van der Waals surface area contributed by atoms with Gasteiger partial charge in [0.2, 0.25) is 0 Å². The summed E-state index contributed by atoms with van der Waals surface area (Å²) in [6.45, 7) is 2.00. The van der Waals surface area contributed by atoms with Crippen molar-refractivity contribution in [2.45, 2.75) is 25.9 Å². The Bertz CT molecular complexity index is 461. The zero-order valence-corrected chi connectivity index (χ0v) is 9.42. The number of aliphatic hydroxyl groups is 1. The van der Waals surface area contributed by atoms with E-state index >= 15 is 0 Å². The third kappa shape index (κ3) is 2.14. The van der Waals surface area contributed by atoms with Crippen molar-refractivity contribution in [2.75, 3.05) is 0 Å². The number of hydrogen-bond acceptors (Lipinski definition) is 4. The largest absolute Gasteiger partial charge is 0.469 e. The highest BCUT2D eigenvalue weighted by Gasteiger charge is 2.16. The summed E-state index contributed by atoms with van der Waals surface area (Å²) in [5.41, 5.74) is 1.62. The molecule has 0 spiro atoms. The molecular formula is C11H15N3O2. The topological polar surface area (TPSA) is 64.1 Å². The fourth-order valence-electron chi connectivity index (χ4n) is 1.73. The van der Waals surface area contributed by atoms with Crippen molar-refractivity contribution in [1.29, 1.82) is 0 Å². The molecule has 2 rings (SSSR count). The first-order valence-corrected chi connectivity index (χ1v) is 5.30. The lowest BCUT2D eigenvalue weighted by Crippen LogP contribution is -2.03. The Kier molecular flexibility index (Phi) is 3.05. The first-order valence-electron chi connectivity index (χ1n) is 5.30. The molecule has 0 saturated carbocycles. The molecule has 0 aliphatic carbocycles. The molecule has 0 amide bonds. The van der Waals surface area contributed by atoms with Crippen molar-refractivity contribution in [3.05, 3.63) is 35.5 Å². The fraction of sp³-hybridized carbons (Fsp3) is 0.455. The van der Waals surface area contributed by atoms with Gasteiger partial charge in [-0.2, -0.15) is 0 Å². The fourth-order valence-corrected chi connectivity index (χ4v) is 1.73. The van der Waals surface area contributed by atoms with E-state index in [0.717, 1.165) is 23.4 Å². The first-order chi connectivity index (χ1) is 7.70. The number of rotatable bonds is 4. The summed E-state index contributed by atoms with van der Waals surface area (Å²) in [5.74, 6) is 0.830. The average Bonchev–Trinajstić information content (AvgIpc) is 2.86. The summed E-state index contributed by atoms with van der Waals surface area (Å²) < 4.78 is 6.90. The van der Waals surface area contributed by atoms with Crippen LogP contribution in [-0.2, 0) is 19.9 Å². The maximum Gasteiger partial charge on any atom is 0.109 e. The number of nitrogens with zero attached hydrogens (tertiary/aromatic N) is 3. The van der Waals surface area contributed by atoms with E-state index in [0.29, 0.717) is 6.42 Å². The van der Waals surface area contributed by atoms with Crippen molar-refractivity contribution in [2.24, 2.45) is 7.05 Å². The molecule has 16 heavy (non-hydrogen) atoms. The zero-order valence-electron chi connectivity index (χ0n) is 9.42. The van der Waals surface area contributed by atoms with E-state index in [-0.39, 0.29) is 0 Å². The molecule has 0 aliphatic heterocycles. The van der Waals surface area contributed by atoms with Crippen LogP contribution >= 0.6 is 0 Å². The maximum absolute atomic E-state index is 10.0. The number of aryl methyl sites for hydroxylation is 2. The molecule has 0 aliphatic rings. The van der Waals surface area contributed by atoms with Crippen LogP contribution in [0.4, 0.5) is 0 Å². The van der Waals surface area contributed by atoms with Gasteiger partial charge in [0.15, 0.2) is 0 Å². The maximum atomic E-state index is 10.0. The predicted molar refractivity (Wildman–Crippen MR) is 57.8 cm³/mol. The van der Waals surface area contributed by atoms with Gasteiger partial charge in [-0.1, -0.05) is 12.1 Å². The van der Waals surface area contributed by atoms with E-state index in [9.17, 15) is 5.11 Å². The van der Waals surface area contributed by atoms with Gasteiger partial charge in [0.1, 0.15) is 5.76 Å². The highest BCUT2D eigenvalue weighted by molar-refractivity contribution is 5.21. The minimum absolute atomic E-state index is 0.459. The van der Waals surface area contributed by atoms with Gasteiger partial charge >= 0.3 is 0 Å². The lowest BCUT2D eigenvalue weighted by atomic mass is 10.1. The van der Waals surface area contributed by atoms with Crippen molar-refractivity contribution in [1.82, 2.24) is 15.0 Å². The third-order valence-electron chi connectivity index (χ3n) is 2.51. The molecular weight excluding hydrogens is 206 g/mol. The molecule has 2 heterocycles. The van der Waals surface area contributed by atoms with Crippen molar-refractivity contribution in [3.8, 4) is 0 Å². The summed E-state index contributed by atoms with van der Waals surface area (Å²) >= 11 is 0. The summed E-state index contributed by atoms with van der Waals surface area (Å²) in [7, 11) is 1.80. The lowest BCUT2D eigenvalue weighted by molar-refractivity contribution is 0.174. The monoisotopic (exact) mass is 221 g/mol. The van der Waals surface area contributed by atoms with Crippen LogP contribution in [-0.4, -0.2) is 20.1 Å². The molecule has 1 atom stereocenters. The molecule has 1 unspecified atom stereocenters. The average molecular weight is 221 g/mol. The Labute approximate surface area is 93.7 Å². The Morgan fingerprint density at radius 2 is 2.38 bits per heavy atom. The van der Waals surface area contributed by atoms with Crippen LogP contribution in [0.5, 0.6) is 0 Å². The SMILES string of the molecule is CCc1occc1C(O)Cc1cn(C)nn1. The summed E-state index contributed by atoms with van der Waals surface area (Å²) in [5, 5.41) is 17.8. The summed E-state index contributed by atoms with van der Waals surface area (Å²) in [6.07, 6.45) is 4.06. The van der Waals surface area contributed by atoms with E-state index in [2.05, 4.69) is 10.3 Å². The zero-order chi connectivity index (χ0) is 11.5. The van der Waals surface area contributed by atoms with Crippen molar-refractivity contribution >= 4 is 0 Å².